The van der Waals surface area contributed by atoms with Gasteiger partial charge < -0.3 is 14.4 Å². The third-order valence-electron chi connectivity index (χ3n) is 6.59. The van der Waals surface area contributed by atoms with Crippen molar-refractivity contribution in [3.63, 3.8) is 0 Å². The van der Waals surface area contributed by atoms with Gasteiger partial charge in [-0.1, -0.05) is 6.07 Å². The van der Waals surface area contributed by atoms with Gasteiger partial charge in [0, 0.05) is 23.4 Å². The molecule has 1 saturated carbocycles. The minimum absolute atomic E-state index is 0.0933. The second-order valence-corrected chi connectivity index (χ2v) is 7.28. The number of nitrogens with zero attached hydrogens (tertiary/aromatic N) is 1. The molecule has 1 aromatic carbocycles. The van der Waals surface area contributed by atoms with E-state index in [1.54, 1.807) is 7.11 Å². The van der Waals surface area contributed by atoms with E-state index < -0.39 is 0 Å². The van der Waals surface area contributed by atoms with Crippen LogP contribution in [0.4, 0.5) is 0 Å². The van der Waals surface area contributed by atoms with Gasteiger partial charge in [0.05, 0.1) is 7.11 Å². The van der Waals surface area contributed by atoms with Gasteiger partial charge >= 0.3 is 0 Å². The maximum atomic E-state index is 12.6. The topological polar surface area (TPSA) is 38.8 Å². The van der Waals surface area contributed by atoms with E-state index in [0.29, 0.717) is 18.4 Å². The molecule has 2 aliphatic carbocycles. The molecule has 2 bridgehead atoms. The largest absolute Gasteiger partial charge is 0.493 e. The van der Waals surface area contributed by atoms with Crippen LogP contribution in [0.2, 0.25) is 0 Å². The van der Waals surface area contributed by atoms with Crippen LogP contribution < -0.4 is 9.47 Å². The summed E-state index contributed by atoms with van der Waals surface area (Å²) in [5, 5.41) is 0. The standard InChI is InChI=1S/C18H21NO3/c1-19-8-7-18-11-4-5-13(20)17(18)22-16-14(21-2)6-3-10(15(16)18)9-12(11)19/h3,6,11-12,17H,4-5,7-9H2,1-2H3/t11-,12?,17-,18?/m0/s1. The Bertz CT molecular complexity index is 685. The lowest BCUT2D eigenvalue weighted by Crippen LogP contribution is -2.65. The summed E-state index contributed by atoms with van der Waals surface area (Å²) in [5.74, 6) is 2.46. The average molecular weight is 299 g/mol. The number of methoxy groups -OCH3 is 1. The molecular formula is C18H21NO3. The van der Waals surface area contributed by atoms with Crippen LogP contribution in [0.5, 0.6) is 11.5 Å². The fourth-order valence-corrected chi connectivity index (χ4v) is 5.67. The highest BCUT2D eigenvalue weighted by atomic mass is 16.5. The van der Waals surface area contributed by atoms with Gasteiger partial charge in [0.2, 0.25) is 0 Å². The molecule has 2 heterocycles. The molecular weight excluding hydrogens is 278 g/mol. The van der Waals surface area contributed by atoms with Crippen LogP contribution in [-0.4, -0.2) is 43.5 Å². The number of benzene rings is 1. The molecule has 5 rings (SSSR count). The van der Waals surface area contributed by atoms with E-state index in [1.165, 1.54) is 11.1 Å². The van der Waals surface area contributed by atoms with Crippen molar-refractivity contribution in [1.82, 2.24) is 4.90 Å². The highest BCUT2D eigenvalue weighted by molar-refractivity contribution is 5.89. The molecule has 116 valence electrons. The van der Waals surface area contributed by atoms with Crippen molar-refractivity contribution in [2.45, 2.75) is 43.2 Å². The first-order valence-corrected chi connectivity index (χ1v) is 8.27. The number of likely N-dealkylation sites (tertiary alicyclic amines) is 1. The second-order valence-electron chi connectivity index (χ2n) is 7.28. The predicted molar refractivity (Wildman–Crippen MR) is 81.6 cm³/mol. The molecule has 4 atom stereocenters. The Hall–Kier alpha value is -1.55. The molecule has 2 aliphatic heterocycles. The first-order valence-electron chi connectivity index (χ1n) is 8.27. The summed E-state index contributed by atoms with van der Waals surface area (Å²) < 4.78 is 11.8. The number of Topliss-reactive ketones (excluding diaryl/α,β-unsaturated/α-hetero) is 1. The number of piperidine rings is 1. The maximum absolute atomic E-state index is 12.6. The summed E-state index contributed by atoms with van der Waals surface area (Å²) in [7, 11) is 3.91. The zero-order valence-electron chi connectivity index (χ0n) is 13.1. The predicted octanol–water partition coefficient (Wildman–Crippen LogP) is 1.93. The third kappa shape index (κ3) is 1.27. The van der Waals surface area contributed by atoms with Gasteiger partial charge in [-0.05, 0) is 50.4 Å². The molecule has 2 fully saturated rings. The summed E-state index contributed by atoms with van der Waals surface area (Å²) in [5.41, 5.74) is 2.57. The lowest BCUT2D eigenvalue weighted by Gasteiger charge is -2.57. The van der Waals surface area contributed by atoms with Crippen LogP contribution in [0.3, 0.4) is 0 Å². The van der Waals surface area contributed by atoms with Crippen molar-refractivity contribution in [1.29, 1.82) is 0 Å². The fraction of sp³-hybridized carbons (Fsp3) is 0.611. The van der Waals surface area contributed by atoms with Gasteiger partial charge in [-0.15, -0.1) is 0 Å². The van der Waals surface area contributed by atoms with Crippen LogP contribution in [0.15, 0.2) is 12.1 Å². The normalized spacial score (nSPS) is 38.5. The van der Waals surface area contributed by atoms with E-state index in [1.807, 2.05) is 6.07 Å². The van der Waals surface area contributed by atoms with Gasteiger partial charge in [-0.3, -0.25) is 4.79 Å². The lowest BCUT2D eigenvalue weighted by molar-refractivity contribution is -0.138. The van der Waals surface area contributed by atoms with Crippen molar-refractivity contribution in [2.75, 3.05) is 20.7 Å². The highest BCUT2D eigenvalue weighted by Gasteiger charge is 2.65. The Morgan fingerprint density at radius 3 is 3.09 bits per heavy atom. The molecule has 1 aromatic rings. The average Bonchev–Trinajstić information content (AvgIpc) is 2.88. The Balaban J connectivity index is 1.81. The highest BCUT2D eigenvalue weighted by Crippen LogP contribution is 2.62. The van der Waals surface area contributed by atoms with E-state index in [2.05, 4.69) is 18.0 Å². The van der Waals surface area contributed by atoms with Crippen molar-refractivity contribution < 1.29 is 14.3 Å². The smallest absolute Gasteiger partial charge is 0.174 e. The molecule has 0 N–H and O–H groups in total. The van der Waals surface area contributed by atoms with Crippen molar-refractivity contribution >= 4 is 5.78 Å². The van der Waals surface area contributed by atoms with Crippen LogP contribution in [-0.2, 0) is 16.6 Å². The Labute approximate surface area is 130 Å². The second kappa shape index (κ2) is 4.05. The molecule has 2 unspecified atom stereocenters. The molecule has 4 heteroatoms. The van der Waals surface area contributed by atoms with E-state index in [9.17, 15) is 4.79 Å². The van der Waals surface area contributed by atoms with Gasteiger partial charge in [-0.25, -0.2) is 0 Å². The maximum Gasteiger partial charge on any atom is 0.174 e. The number of rotatable bonds is 1. The van der Waals surface area contributed by atoms with E-state index in [-0.39, 0.29) is 17.3 Å². The minimum Gasteiger partial charge on any atom is -0.493 e. The Morgan fingerprint density at radius 2 is 2.27 bits per heavy atom. The van der Waals surface area contributed by atoms with Gasteiger partial charge in [-0.2, -0.15) is 0 Å². The number of hydrogen-bond donors (Lipinski definition) is 0. The van der Waals surface area contributed by atoms with E-state index >= 15 is 0 Å². The molecule has 1 saturated heterocycles. The number of carbonyl (C=O) groups excluding carboxylic acids is 1. The van der Waals surface area contributed by atoms with Crippen molar-refractivity contribution in [3.05, 3.63) is 23.3 Å². The van der Waals surface area contributed by atoms with Gasteiger partial charge in [0.15, 0.2) is 23.4 Å². The van der Waals surface area contributed by atoms with E-state index in [0.717, 1.165) is 37.3 Å². The summed E-state index contributed by atoms with van der Waals surface area (Å²) >= 11 is 0. The number of carbonyl (C=O) groups is 1. The quantitative estimate of drug-likeness (QED) is 0.794. The number of ether oxygens (including phenoxy) is 2. The zero-order valence-corrected chi connectivity index (χ0v) is 13.1. The molecule has 22 heavy (non-hydrogen) atoms. The SMILES string of the molecule is COc1ccc2c3c1O[C@H]1C(=O)CC[C@H]4C(C2)N(C)CCC314. The summed E-state index contributed by atoms with van der Waals surface area (Å²) in [6.45, 7) is 1.05. The first-order chi connectivity index (χ1) is 10.7. The van der Waals surface area contributed by atoms with Gasteiger partial charge in [0.1, 0.15) is 0 Å². The Kier molecular flexibility index (Phi) is 2.38. The molecule has 4 aliphatic rings. The van der Waals surface area contributed by atoms with Crippen molar-refractivity contribution in [3.8, 4) is 11.5 Å². The van der Waals surface area contributed by atoms with Crippen LogP contribution in [0, 0.1) is 5.92 Å². The minimum atomic E-state index is -0.284. The summed E-state index contributed by atoms with van der Waals surface area (Å²) in [6, 6.07) is 4.73. The molecule has 0 radical (unpaired) electrons. The van der Waals surface area contributed by atoms with E-state index in [4.69, 9.17) is 9.47 Å². The van der Waals surface area contributed by atoms with Gasteiger partial charge in [0.25, 0.3) is 0 Å². The first kappa shape index (κ1) is 12.9. The summed E-state index contributed by atoms with van der Waals surface area (Å²) in [4.78, 5) is 15.1. The monoisotopic (exact) mass is 299 g/mol. The number of likely N-dealkylation sites (N-methyl/N-ethyl adjacent to an activating group) is 1. The molecule has 0 aromatic heterocycles. The Morgan fingerprint density at radius 1 is 1.41 bits per heavy atom. The fourth-order valence-electron chi connectivity index (χ4n) is 5.67. The van der Waals surface area contributed by atoms with Crippen LogP contribution in [0.1, 0.15) is 30.4 Å². The van der Waals surface area contributed by atoms with Crippen molar-refractivity contribution in [2.24, 2.45) is 5.92 Å². The molecule has 4 nitrogen and oxygen atoms in total. The molecule has 0 amide bonds. The summed E-state index contributed by atoms with van der Waals surface area (Å²) in [6.07, 6.45) is 3.47. The van der Waals surface area contributed by atoms with Crippen LogP contribution in [0.25, 0.3) is 0 Å². The number of ketones is 1. The lowest BCUT2D eigenvalue weighted by atomic mass is 9.52. The molecule has 1 spiro atoms. The third-order valence-corrected chi connectivity index (χ3v) is 6.59. The van der Waals surface area contributed by atoms with Crippen LogP contribution >= 0.6 is 0 Å². The zero-order chi connectivity index (χ0) is 15.1. The number of hydrogen-bond acceptors (Lipinski definition) is 4.